The second-order valence-electron chi connectivity index (χ2n) is 7.32. The minimum Gasteiger partial charge on any atom is -0.375 e. The van der Waals surface area contributed by atoms with Crippen LogP contribution in [0.4, 0.5) is 10.5 Å². The number of carbonyl (C=O) groups excluding carboxylic acids is 1. The summed E-state index contributed by atoms with van der Waals surface area (Å²) >= 11 is 0. The number of aryl methyl sites for hydroxylation is 2. The predicted octanol–water partition coefficient (Wildman–Crippen LogP) is 3.95. The summed E-state index contributed by atoms with van der Waals surface area (Å²) in [5.41, 5.74) is 3.76. The summed E-state index contributed by atoms with van der Waals surface area (Å²) in [5, 5.41) is 7.56. The lowest BCUT2D eigenvalue weighted by Crippen LogP contribution is -2.47. The van der Waals surface area contributed by atoms with Crippen LogP contribution in [0.25, 0.3) is 11.3 Å². The van der Waals surface area contributed by atoms with Gasteiger partial charge in [-0.1, -0.05) is 60.7 Å². The normalized spacial score (nSPS) is 16.6. The van der Waals surface area contributed by atoms with Gasteiger partial charge in [-0.2, -0.15) is 5.10 Å². The molecule has 6 nitrogen and oxygen atoms in total. The summed E-state index contributed by atoms with van der Waals surface area (Å²) in [6.45, 7) is 1.75. The molecule has 1 N–H and O–H groups in total. The van der Waals surface area contributed by atoms with E-state index in [9.17, 15) is 4.79 Å². The van der Waals surface area contributed by atoms with Gasteiger partial charge in [0.05, 0.1) is 18.4 Å². The van der Waals surface area contributed by atoms with E-state index >= 15 is 0 Å². The molecule has 6 heteroatoms. The topological polar surface area (TPSA) is 59.4 Å². The maximum Gasteiger partial charge on any atom is 0.322 e. The SMILES string of the molecule is Cn1cc(NC(=O)N2CCOC(CCc3ccccc3)C2)c(-c2ccccc2)n1. The van der Waals surface area contributed by atoms with Crippen LogP contribution in [0.5, 0.6) is 0 Å². The van der Waals surface area contributed by atoms with Gasteiger partial charge < -0.3 is 15.0 Å². The van der Waals surface area contributed by atoms with Crippen molar-refractivity contribution >= 4 is 11.7 Å². The first-order valence-electron chi connectivity index (χ1n) is 9.99. The zero-order chi connectivity index (χ0) is 20.1. The molecule has 0 bridgehead atoms. The minimum atomic E-state index is -0.108. The van der Waals surface area contributed by atoms with Crippen LogP contribution >= 0.6 is 0 Å². The molecule has 1 unspecified atom stereocenters. The summed E-state index contributed by atoms with van der Waals surface area (Å²) in [6, 6.07) is 20.2. The largest absolute Gasteiger partial charge is 0.375 e. The average molecular weight is 390 g/mol. The number of anilines is 1. The smallest absolute Gasteiger partial charge is 0.322 e. The van der Waals surface area contributed by atoms with Gasteiger partial charge in [0.1, 0.15) is 5.69 Å². The van der Waals surface area contributed by atoms with Crippen molar-refractivity contribution in [3.63, 3.8) is 0 Å². The molecule has 150 valence electrons. The number of aromatic nitrogens is 2. The number of morpholine rings is 1. The molecule has 1 fully saturated rings. The molecule has 2 amide bonds. The lowest BCUT2D eigenvalue weighted by atomic mass is 10.1. The summed E-state index contributed by atoms with van der Waals surface area (Å²) in [6.07, 6.45) is 3.74. The van der Waals surface area contributed by atoms with Crippen molar-refractivity contribution in [1.29, 1.82) is 0 Å². The Balaban J connectivity index is 1.39. The van der Waals surface area contributed by atoms with Crippen molar-refractivity contribution in [2.75, 3.05) is 25.0 Å². The third-order valence-corrected chi connectivity index (χ3v) is 5.14. The van der Waals surface area contributed by atoms with E-state index < -0.39 is 0 Å². The van der Waals surface area contributed by atoms with Gasteiger partial charge >= 0.3 is 6.03 Å². The van der Waals surface area contributed by atoms with E-state index in [1.807, 2.05) is 54.5 Å². The van der Waals surface area contributed by atoms with E-state index in [1.54, 1.807) is 4.68 Å². The molecule has 0 spiro atoms. The van der Waals surface area contributed by atoms with E-state index in [0.29, 0.717) is 19.7 Å². The summed E-state index contributed by atoms with van der Waals surface area (Å²) < 4.78 is 7.61. The van der Waals surface area contributed by atoms with Crippen LogP contribution in [0, 0.1) is 0 Å². The van der Waals surface area contributed by atoms with Crippen LogP contribution in [-0.4, -0.2) is 46.5 Å². The van der Waals surface area contributed by atoms with E-state index in [4.69, 9.17) is 4.74 Å². The molecule has 1 aliphatic heterocycles. The van der Waals surface area contributed by atoms with Crippen LogP contribution in [0.2, 0.25) is 0 Å². The number of nitrogens with one attached hydrogen (secondary N) is 1. The summed E-state index contributed by atoms with van der Waals surface area (Å²) in [7, 11) is 1.86. The van der Waals surface area contributed by atoms with Gasteiger partial charge in [0, 0.05) is 31.9 Å². The summed E-state index contributed by atoms with van der Waals surface area (Å²) in [5.74, 6) is 0. The molecule has 2 aromatic carbocycles. The number of urea groups is 1. The molecule has 2 heterocycles. The Bertz CT molecular complexity index is 940. The highest BCUT2D eigenvalue weighted by atomic mass is 16.5. The van der Waals surface area contributed by atoms with Gasteiger partial charge in [-0.05, 0) is 18.4 Å². The molecule has 1 atom stereocenters. The van der Waals surface area contributed by atoms with Crippen molar-refractivity contribution < 1.29 is 9.53 Å². The summed E-state index contributed by atoms with van der Waals surface area (Å²) in [4.78, 5) is 14.7. The zero-order valence-corrected chi connectivity index (χ0v) is 16.6. The molecule has 0 radical (unpaired) electrons. The fourth-order valence-corrected chi connectivity index (χ4v) is 3.63. The highest BCUT2D eigenvalue weighted by molar-refractivity contribution is 5.93. The Hall–Kier alpha value is -3.12. The lowest BCUT2D eigenvalue weighted by Gasteiger charge is -2.33. The van der Waals surface area contributed by atoms with E-state index in [2.05, 4.69) is 34.7 Å². The van der Waals surface area contributed by atoms with Crippen LogP contribution in [0.1, 0.15) is 12.0 Å². The molecule has 29 heavy (non-hydrogen) atoms. The number of rotatable bonds is 5. The molecule has 0 aliphatic carbocycles. The van der Waals surface area contributed by atoms with Gasteiger partial charge in [0.25, 0.3) is 0 Å². The first kappa shape index (κ1) is 19.2. The number of nitrogens with zero attached hydrogens (tertiary/aromatic N) is 3. The average Bonchev–Trinajstić information content (AvgIpc) is 3.14. The predicted molar refractivity (Wildman–Crippen MR) is 114 cm³/mol. The van der Waals surface area contributed by atoms with Crippen LogP contribution in [-0.2, 0) is 18.2 Å². The fraction of sp³-hybridized carbons (Fsp3) is 0.304. The van der Waals surface area contributed by atoms with Gasteiger partial charge in [0.2, 0.25) is 0 Å². The van der Waals surface area contributed by atoms with Crippen LogP contribution in [0.3, 0.4) is 0 Å². The Labute approximate surface area is 171 Å². The fourth-order valence-electron chi connectivity index (χ4n) is 3.63. The van der Waals surface area contributed by atoms with Crippen LogP contribution in [0.15, 0.2) is 66.9 Å². The third-order valence-electron chi connectivity index (χ3n) is 5.14. The number of hydrogen-bond donors (Lipinski definition) is 1. The Kier molecular flexibility index (Phi) is 5.91. The van der Waals surface area contributed by atoms with Crippen molar-refractivity contribution in [2.45, 2.75) is 18.9 Å². The maximum absolute atomic E-state index is 12.9. The molecule has 3 aromatic rings. The Morgan fingerprint density at radius 2 is 1.86 bits per heavy atom. The van der Waals surface area contributed by atoms with E-state index in [0.717, 1.165) is 29.8 Å². The number of carbonyl (C=O) groups is 1. The van der Waals surface area contributed by atoms with E-state index in [-0.39, 0.29) is 12.1 Å². The standard InChI is InChI=1S/C23H26N4O2/c1-26-17-21(22(25-26)19-10-6-3-7-11-19)24-23(28)27-14-15-29-20(16-27)13-12-18-8-4-2-5-9-18/h2-11,17,20H,12-16H2,1H3,(H,24,28). The molecule has 4 rings (SSSR count). The third kappa shape index (κ3) is 4.84. The zero-order valence-electron chi connectivity index (χ0n) is 16.6. The second kappa shape index (κ2) is 8.92. The second-order valence-corrected chi connectivity index (χ2v) is 7.32. The maximum atomic E-state index is 12.9. The van der Waals surface area contributed by atoms with Gasteiger partial charge in [0.15, 0.2) is 0 Å². The first-order valence-corrected chi connectivity index (χ1v) is 9.99. The number of benzene rings is 2. The molecular weight excluding hydrogens is 364 g/mol. The van der Waals surface area contributed by atoms with Crippen molar-refractivity contribution in [1.82, 2.24) is 14.7 Å². The lowest BCUT2D eigenvalue weighted by molar-refractivity contribution is -0.0157. The highest BCUT2D eigenvalue weighted by Gasteiger charge is 2.25. The quantitative estimate of drug-likeness (QED) is 0.718. The van der Waals surface area contributed by atoms with Crippen molar-refractivity contribution in [3.05, 3.63) is 72.4 Å². The van der Waals surface area contributed by atoms with Gasteiger partial charge in [-0.25, -0.2) is 4.79 Å². The van der Waals surface area contributed by atoms with Crippen molar-refractivity contribution in [2.24, 2.45) is 7.05 Å². The molecule has 1 saturated heterocycles. The van der Waals surface area contributed by atoms with Crippen molar-refractivity contribution in [3.8, 4) is 11.3 Å². The number of amides is 2. The minimum absolute atomic E-state index is 0.0530. The monoisotopic (exact) mass is 390 g/mol. The van der Waals surface area contributed by atoms with Gasteiger partial charge in [-0.3, -0.25) is 4.68 Å². The molecule has 1 aliphatic rings. The Morgan fingerprint density at radius 1 is 1.14 bits per heavy atom. The molecular formula is C23H26N4O2. The highest BCUT2D eigenvalue weighted by Crippen LogP contribution is 2.26. The molecule has 0 saturated carbocycles. The molecule has 1 aromatic heterocycles. The van der Waals surface area contributed by atoms with E-state index in [1.165, 1.54) is 5.56 Å². The van der Waals surface area contributed by atoms with Gasteiger partial charge in [-0.15, -0.1) is 0 Å². The first-order chi connectivity index (χ1) is 14.2. The Morgan fingerprint density at radius 3 is 2.62 bits per heavy atom. The number of hydrogen-bond acceptors (Lipinski definition) is 3. The van der Waals surface area contributed by atoms with Crippen LogP contribution < -0.4 is 5.32 Å². The number of ether oxygens (including phenoxy) is 1.